The van der Waals surface area contributed by atoms with Gasteiger partial charge in [-0.25, -0.2) is 0 Å². The number of hydrogen-bond acceptors (Lipinski definition) is 4. The van der Waals surface area contributed by atoms with Gasteiger partial charge in [-0.1, -0.05) is 66.5 Å². The maximum atomic E-state index is 12.7. The molecule has 7 heteroatoms. The number of aromatic nitrogens is 3. The second-order valence-electron chi connectivity index (χ2n) is 7.21. The largest absolute Gasteiger partial charge is 0.325 e. The van der Waals surface area contributed by atoms with Crippen LogP contribution in [0.1, 0.15) is 38.6 Å². The van der Waals surface area contributed by atoms with Gasteiger partial charge in [0, 0.05) is 17.3 Å². The number of carbonyl (C=O) groups excluding carboxylic acids is 1. The summed E-state index contributed by atoms with van der Waals surface area (Å²) < 4.78 is 2.19. The molecular formula is C22H23ClN4OS. The number of rotatable bonds is 6. The predicted octanol–water partition coefficient (Wildman–Crippen LogP) is 5.83. The van der Waals surface area contributed by atoms with E-state index in [0.717, 1.165) is 35.1 Å². The fraction of sp³-hybridized carbons (Fsp3) is 0.318. The van der Waals surface area contributed by atoms with Gasteiger partial charge in [0.1, 0.15) is 0 Å². The van der Waals surface area contributed by atoms with E-state index in [-0.39, 0.29) is 11.2 Å². The summed E-state index contributed by atoms with van der Waals surface area (Å²) in [7, 11) is 0. The maximum Gasteiger partial charge on any atom is 0.237 e. The van der Waals surface area contributed by atoms with Gasteiger partial charge in [0.15, 0.2) is 11.0 Å². The molecule has 0 aliphatic heterocycles. The van der Waals surface area contributed by atoms with E-state index >= 15 is 0 Å². The second kappa shape index (κ2) is 9.01. The van der Waals surface area contributed by atoms with Gasteiger partial charge in [0.05, 0.1) is 10.3 Å². The van der Waals surface area contributed by atoms with Crippen LogP contribution >= 0.6 is 23.4 Å². The first kappa shape index (κ1) is 20.0. The van der Waals surface area contributed by atoms with Crippen molar-refractivity contribution in [2.75, 3.05) is 5.32 Å². The average molecular weight is 427 g/mol. The Bertz CT molecular complexity index is 985. The summed E-state index contributed by atoms with van der Waals surface area (Å²) in [6, 6.07) is 17.5. The lowest BCUT2D eigenvalue weighted by molar-refractivity contribution is -0.115. The fourth-order valence-electron chi connectivity index (χ4n) is 3.65. The number of nitrogens with zero attached hydrogens (tertiary/aromatic N) is 3. The highest BCUT2D eigenvalue weighted by Crippen LogP contribution is 2.39. The van der Waals surface area contributed by atoms with Crippen molar-refractivity contribution in [2.45, 2.75) is 49.1 Å². The number of benzene rings is 2. The van der Waals surface area contributed by atoms with Crippen molar-refractivity contribution >= 4 is 35.0 Å². The minimum absolute atomic E-state index is 0.0542. The third-order valence-corrected chi connectivity index (χ3v) is 6.55. The number of nitrogens with one attached hydrogen (secondary N) is 1. The molecule has 0 radical (unpaired) electrons. The molecule has 1 saturated carbocycles. The molecule has 4 rings (SSSR count). The molecule has 29 heavy (non-hydrogen) atoms. The van der Waals surface area contributed by atoms with Gasteiger partial charge in [-0.05, 0) is 44.0 Å². The van der Waals surface area contributed by atoms with Crippen molar-refractivity contribution in [3.63, 3.8) is 0 Å². The van der Waals surface area contributed by atoms with Gasteiger partial charge >= 0.3 is 0 Å². The van der Waals surface area contributed by atoms with Gasteiger partial charge in [0.2, 0.25) is 5.91 Å². The van der Waals surface area contributed by atoms with E-state index in [0.29, 0.717) is 11.1 Å². The van der Waals surface area contributed by atoms with E-state index in [4.69, 9.17) is 11.6 Å². The zero-order chi connectivity index (χ0) is 20.2. The molecule has 0 spiro atoms. The van der Waals surface area contributed by atoms with E-state index in [1.54, 1.807) is 0 Å². The fourth-order valence-corrected chi connectivity index (χ4v) is 4.79. The minimum atomic E-state index is -0.307. The first-order valence-electron chi connectivity index (χ1n) is 9.86. The van der Waals surface area contributed by atoms with E-state index in [9.17, 15) is 4.79 Å². The maximum absolute atomic E-state index is 12.7. The number of carbonyl (C=O) groups is 1. The SMILES string of the molecule is CC(Sc1nnc(-c2ccccc2Cl)n1C1CCCC1)C(=O)Nc1ccccc1. The molecule has 2 aromatic carbocycles. The Balaban J connectivity index is 1.60. The highest BCUT2D eigenvalue weighted by atomic mass is 35.5. The Morgan fingerprint density at radius 3 is 2.52 bits per heavy atom. The van der Waals surface area contributed by atoms with Crippen LogP contribution in [0, 0.1) is 0 Å². The van der Waals surface area contributed by atoms with Crippen molar-refractivity contribution in [3.05, 3.63) is 59.6 Å². The molecule has 1 aliphatic rings. The highest BCUT2D eigenvalue weighted by Gasteiger charge is 2.27. The van der Waals surface area contributed by atoms with Crippen LogP contribution in [0.25, 0.3) is 11.4 Å². The minimum Gasteiger partial charge on any atom is -0.325 e. The topological polar surface area (TPSA) is 59.8 Å². The van der Waals surface area contributed by atoms with Crippen molar-refractivity contribution in [1.82, 2.24) is 14.8 Å². The Hall–Kier alpha value is -2.31. The Morgan fingerprint density at radius 1 is 1.10 bits per heavy atom. The molecule has 1 aliphatic carbocycles. The number of thioether (sulfide) groups is 1. The normalized spacial score (nSPS) is 15.4. The van der Waals surface area contributed by atoms with E-state index in [1.165, 1.54) is 24.6 Å². The van der Waals surface area contributed by atoms with E-state index in [1.807, 2.05) is 61.5 Å². The van der Waals surface area contributed by atoms with Crippen molar-refractivity contribution in [2.24, 2.45) is 0 Å². The van der Waals surface area contributed by atoms with Crippen LogP contribution in [0.3, 0.4) is 0 Å². The summed E-state index contributed by atoms with van der Waals surface area (Å²) in [4.78, 5) is 12.7. The summed E-state index contributed by atoms with van der Waals surface area (Å²) >= 11 is 7.88. The van der Waals surface area contributed by atoms with Crippen molar-refractivity contribution in [1.29, 1.82) is 0 Å². The van der Waals surface area contributed by atoms with Crippen LogP contribution in [0.5, 0.6) is 0 Å². The van der Waals surface area contributed by atoms with Gasteiger partial charge in [0.25, 0.3) is 0 Å². The molecule has 1 aromatic heterocycles. The Labute approximate surface area is 179 Å². The van der Waals surface area contributed by atoms with Crippen LogP contribution in [-0.4, -0.2) is 25.9 Å². The molecule has 1 fully saturated rings. The molecule has 3 aromatic rings. The molecular weight excluding hydrogens is 404 g/mol. The van der Waals surface area contributed by atoms with Crippen LogP contribution in [0.2, 0.25) is 5.02 Å². The number of amides is 1. The van der Waals surface area contributed by atoms with Crippen molar-refractivity contribution in [3.8, 4) is 11.4 Å². The van der Waals surface area contributed by atoms with Gasteiger partial charge in [-0.15, -0.1) is 10.2 Å². The average Bonchev–Trinajstić information content (AvgIpc) is 3.39. The number of halogens is 1. The van der Waals surface area contributed by atoms with Gasteiger partial charge in [-0.3, -0.25) is 9.36 Å². The summed E-state index contributed by atoms with van der Waals surface area (Å²) in [5.41, 5.74) is 1.67. The predicted molar refractivity (Wildman–Crippen MR) is 118 cm³/mol. The Morgan fingerprint density at radius 2 is 1.79 bits per heavy atom. The van der Waals surface area contributed by atoms with E-state index in [2.05, 4.69) is 20.1 Å². The highest BCUT2D eigenvalue weighted by molar-refractivity contribution is 8.00. The molecule has 1 atom stereocenters. The first-order valence-corrected chi connectivity index (χ1v) is 11.1. The molecule has 5 nitrogen and oxygen atoms in total. The van der Waals surface area contributed by atoms with Gasteiger partial charge in [-0.2, -0.15) is 0 Å². The monoisotopic (exact) mass is 426 g/mol. The molecule has 1 N–H and O–H groups in total. The van der Waals surface area contributed by atoms with Crippen LogP contribution < -0.4 is 5.32 Å². The molecule has 1 unspecified atom stereocenters. The summed E-state index contributed by atoms with van der Waals surface area (Å²) in [6.07, 6.45) is 4.57. The summed E-state index contributed by atoms with van der Waals surface area (Å²) in [5.74, 6) is 0.724. The standard InChI is InChI=1S/C22H23ClN4OS/c1-15(21(28)24-16-9-3-2-4-10-16)29-22-26-25-20(18-13-7-8-14-19(18)23)27(22)17-11-5-6-12-17/h2-4,7-10,13-15,17H,5-6,11-12H2,1H3,(H,24,28). The van der Waals surface area contributed by atoms with Crippen LogP contribution in [-0.2, 0) is 4.79 Å². The van der Waals surface area contributed by atoms with E-state index < -0.39 is 0 Å². The molecule has 0 bridgehead atoms. The quantitative estimate of drug-likeness (QED) is 0.503. The van der Waals surface area contributed by atoms with Crippen LogP contribution in [0.15, 0.2) is 59.8 Å². The zero-order valence-corrected chi connectivity index (χ0v) is 17.8. The number of para-hydroxylation sites is 1. The number of hydrogen-bond donors (Lipinski definition) is 1. The molecule has 150 valence electrons. The first-order chi connectivity index (χ1) is 14.1. The zero-order valence-electron chi connectivity index (χ0n) is 16.2. The molecule has 1 heterocycles. The third-order valence-electron chi connectivity index (χ3n) is 5.16. The lowest BCUT2D eigenvalue weighted by Crippen LogP contribution is -2.23. The lowest BCUT2D eigenvalue weighted by Gasteiger charge is -2.19. The van der Waals surface area contributed by atoms with Crippen LogP contribution in [0.4, 0.5) is 5.69 Å². The lowest BCUT2D eigenvalue weighted by atomic mass is 10.2. The van der Waals surface area contributed by atoms with Gasteiger partial charge < -0.3 is 5.32 Å². The molecule has 0 saturated heterocycles. The third kappa shape index (κ3) is 4.49. The summed E-state index contributed by atoms with van der Waals surface area (Å²) in [5, 5.41) is 13.0. The number of anilines is 1. The molecule has 1 amide bonds. The second-order valence-corrected chi connectivity index (χ2v) is 8.92. The van der Waals surface area contributed by atoms with Crippen molar-refractivity contribution < 1.29 is 4.79 Å². The Kier molecular flexibility index (Phi) is 6.21. The summed E-state index contributed by atoms with van der Waals surface area (Å²) in [6.45, 7) is 1.89. The smallest absolute Gasteiger partial charge is 0.237 e.